The lowest BCUT2D eigenvalue weighted by Gasteiger charge is -2.06. The molecule has 3 rings (SSSR count). The number of rotatable bonds is 8. The van der Waals surface area contributed by atoms with E-state index in [4.69, 9.17) is 5.11 Å². The summed E-state index contributed by atoms with van der Waals surface area (Å²) < 4.78 is 1.09. The number of thioether (sulfide) groups is 1. The van der Waals surface area contributed by atoms with Crippen LogP contribution in [0.5, 0.6) is 0 Å². The maximum Gasteiger partial charge on any atom is 0.331 e. The van der Waals surface area contributed by atoms with E-state index in [-0.39, 0.29) is 24.4 Å². The van der Waals surface area contributed by atoms with Crippen molar-refractivity contribution >= 4 is 45.2 Å². The molecule has 0 radical (unpaired) electrons. The normalized spacial score (nSPS) is 16.9. The molecule has 1 aromatic carbocycles. The molecule has 0 fully saturated rings. The van der Waals surface area contributed by atoms with Gasteiger partial charge in [0.05, 0.1) is 16.6 Å². The number of nitrogens with zero attached hydrogens (tertiary/aromatic N) is 1. The van der Waals surface area contributed by atoms with Crippen molar-refractivity contribution in [3.63, 3.8) is 0 Å². The Bertz CT molecular complexity index is 1030. The fourth-order valence-corrected chi connectivity index (χ4v) is 4.85. The third-order valence-corrected chi connectivity index (χ3v) is 6.36. The van der Waals surface area contributed by atoms with Crippen LogP contribution >= 0.6 is 23.1 Å². The van der Waals surface area contributed by atoms with Gasteiger partial charge in [-0.15, -0.1) is 23.1 Å². The molecule has 150 valence electrons. The summed E-state index contributed by atoms with van der Waals surface area (Å²) in [7, 11) is 0. The largest absolute Gasteiger partial charge is 0.478 e. The van der Waals surface area contributed by atoms with Gasteiger partial charge in [-0.05, 0) is 41.7 Å². The molecule has 2 heterocycles. The third kappa shape index (κ3) is 5.68. The maximum atomic E-state index is 12.3. The zero-order chi connectivity index (χ0) is 20.8. The van der Waals surface area contributed by atoms with Gasteiger partial charge in [-0.1, -0.05) is 30.9 Å². The summed E-state index contributed by atoms with van der Waals surface area (Å²) in [5, 5.41) is 14.7. The lowest BCUT2D eigenvalue weighted by Crippen LogP contribution is -2.27. The van der Waals surface area contributed by atoms with E-state index in [0.29, 0.717) is 11.5 Å². The molecule has 2 N–H and O–H groups in total. The number of aromatic nitrogens is 1. The van der Waals surface area contributed by atoms with E-state index in [9.17, 15) is 9.59 Å². The molecule has 5 nitrogen and oxygen atoms in total. The predicted octanol–water partition coefficient (Wildman–Crippen LogP) is 4.44. The van der Waals surface area contributed by atoms with Gasteiger partial charge in [0.15, 0.2) is 0 Å². The molecule has 29 heavy (non-hydrogen) atoms. The van der Waals surface area contributed by atoms with E-state index in [2.05, 4.69) is 40.5 Å². The van der Waals surface area contributed by atoms with Crippen molar-refractivity contribution in [2.45, 2.75) is 19.3 Å². The second-order valence-electron chi connectivity index (χ2n) is 6.67. The van der Waals surface area contributed by atoms with Gasteiger partial charge in [-0.2, -0.15) is 0 Å². The monoisotopic (exact) mass is 426 g/mol. The van der Waals surface area contributed by atoms with Crippen molar-refractivity contribution in [1.29, 1.82) is 0 Å². The van der Waals surface area contributed by atoms with E-state index in [0.717, 1.165) is 21.0 Å². The van der Waals surface area contributed by atoms with E-state index >= 15 is 0 Å². The molecule has 0 aliphatic carbocycles. The van der Waals surface area contributed by atoms with Crippen molar-refractivity contribution in [1.82, 2.24) is 10.3 Å². The Morgan fingerprint density at radius 3 is 2.93 bits per heavy atom. The minimum atomic E-state index is -0.994. The van der Waals surface area contributed by atoms with Crippen molar-refractivity contribution < 1.29 is 14.7 Å². The van der Waals surface area contributed by atoms with Crippen LogP contribution in [0, 0.1) is 0 Å². The number of carbonyl (C=O) groups is 2. The molecular weight excluding hydrogens is 404 g/mol. The number of hydrogen-bond acceptors (Lipinski definition) is 5. The van der Waals surface area contributed by atoms with Gasteiger partial charge in [-0.3, -0.25) is 4.79 Å². The minimum absolute atomic E-state index is 0.157. The van der Waals surface area contributed by atoms with Gasteiger partial charge in [0.1, 0.15) is 5.01 Å². The third-order valence-electron chi connectivity index (χ3n) is 4.44. The van der Waals surface area contributed by atoms with Crippen LogP contribution in [0.25, 0.3) is 10.2 Å². The van der Waals surface area contributed by atoms with Gasteiger partial charge < -0.3 is 10.4 Å². The van der Waals surface area contributed by atoms with Crippen LogP contribution in [0.4, 0.5) is 0 Å². The summed E-state index contributed by atoms with van der Waals surface area (Å²) in [6.07, 6.45) is 7.18. The van der Waals surface area contributed by atoms with Crippen LogP contribution < -0.4 is 5.32 Å². The van der Waals surface area contributed by atoms with Gasteiger partial charge in [0.2, 0.25) is 5.91 Å². The van der Waals surface area contributed by atoms with E-state index < -0.39 is 5.97 Å². The number of aliphatic carboxylic acids is 1. The van der Waals surface area contributed by atoms with Crippen LogP contribution in [0.1, 0.15) is 23.4 Å². The molecule has 0 bridgehead atoms. The Balaban J connectivity index is 1.64. The molecular formula is C22H22N2O3S2. The summed E-state index contributed by atoms with van der Waals surface area (Å²) in [5.41, 5.74) is 3.05. The first-order chi connectivity index (χ1) is 14.0. The van der Waals surface area contributed by atoms with Gasteiger partial charge in [0, 0.05) is 23.8 Å². The van der Waals surface area contributed by atoms with E-state index in [1.165, 1.54) is 29.9 Å². The number of allylic oxidation sites excluding steroid dienone is 3. The second kappa shape index (κ2) is 9.71. The highest BCUT2D eigenvalue weighted by Crippen LogP contribution is 2.32. The number of carboxylic acids is 1. The number of carbonyl (C=O) groups excluding carboxylic acids is 1. The molecule has 1 aliphatic heterocycles. The van der Waals surface area contributed by atoms with Crippen LogP contribution in [-0.2, 0) is 16.0 Å². The molecule has 0 spiro atoms. The van der Waals surface area contributed by atoms with Crippen LogP contribution in [0.2, 0.25) is 0 Å². The molecule has 2 aromatic rings. The molecule has 0 saturated heterocycles. The molecule has 0 saturated carbocycles. The average molecular weight is 427 g/mol. The van der Waals surface area contributed by atoms with Crippen molar-refractivity contribution in [2.24, 2.45) is 0 Å². The van der Waals surface area contributed by atoms with E-state index in [1.54, 1.807) is 12.2 Å². The van der Waals surface area contributed by atoms with Gasteiger partial charge in [-0.25, -0.2) is 9.78 Å². The first-order valence-corrected chi connectivity index (χ1v) is 11.0. The number of carboxylic acid groups (broad SMARTS) is 1. The Kier molecular flexibility index (Phi) is 7.06. The van der Waals surface area contributed by atoms with Crippen molar-refractivity contribution in [3.8, 4) is 0 Å². The number of fused-ring (bicyclic) bond motifs is 1. The first kappa shape index (κ1) is 21.1. The highest BCUT2D eigenvalue weighted by atomic mass is 32.2. The van der Waals surface area contributed by atoms with Crippen LogP contribution in [0.15, 0.2) is 65.6 Å². The van der Waals surface area contributed by atoms with Gasteiger partial charge in [0.25, 0.3) is 0 Å². The molecule has 1 unspecified atom stereocenters. The quantitative estimate of drug-likeness (QED) is 0.482. The second-order valence-corrected chi connectivity index (χ2v) is 8.72. The molecule has 7 heteroatoms. The van der Waals surface area contributed by atoms with Crippen molar-refractivity contribution in [2.75, 3.05) is 12.3 Å². The molecule has 1 amide bonds. The Hall–Kier alpha value is -2.64. The molecule has 1 atom stereocenters. The fourth-order valence-electron chi connectivity index (χ4n) is 2.92. The highest BCUT2D eigenvalue weighted by molar-refractivity contribution is 8.02. The van der Waals surface area contributed by atoms with Crippen LogP contribution in [-0.4, -0.2) is 34.3 Å². The first-order valence-electron chi connectivity index (χ1n) is 9.14. The number of amides is 1. The number of thiazole rings is 1. The minimum Gasteiger partial charge on any atom is -0.478 e. The predicted molar refractivity (Wildman–Crippen MR) is 120 cm³/mol. The molecule has 1 aliphatic rings. The van der Waals surface area contributed by atoms with Gasteiger partial charge >= 0.3 is 5.97 Å². The Morgan fingerprint density at radius 1 is 1.41 bits per heavy atom. The van der Waals surface area contributed by atoms with E-state index in [1.807, 2.05) is 17.8 Å². The lowest BCUT2D eigenvalue weighted by atomic mass is 10.0. The zero-order valence-electron chi connectivity index (χ0n) is 16.1. The Labute approximate surface area is 177 Å². The average Bonchev–Trinajstić information content (AvgIpc) is 3.34. The summed E-state index contributed by atoms with van der Waals surface area (Å²) in [5.74, 6) is 0.355. The van der Waals surface area contributed by atoms with Crippen molar-refractivity contribution in [3.05, 3.63) is 76.2 Å². The van der Waals surface area contributed by atoms with Crippen LogP contribution in [0.3, 0.4) is 0 Å². The molecule has 1 aromatic heterocycles. The summed E-state index contributed by atoms with van der Waals surface area (Å²) in [6, 6.07) is 6.29. The highest BCUT2D eigenvalue weighted by Gasteiger charge is 2.15. The number of hydrogen-bond donors (Lipinski definition) is 2. The zero-order valence-corrected chi connectivity index (χ0v) is 17.7. The number of nitrogens with one attached hydrogen (secondary N) is 1. The smallest absolute Gasteiger partial charge is 0.331 e. The number of benzene rings is 1. The standard InChI is InChI=1S/C22H22N2O3S2/c1-3-4-15(9-14(2)22(26)27)12-23-20(25)11-21-24-18-6-5-16(10-19(18)29-21)17-7-8-28-13-17/h3-10,17H,1,11-13H2,2H3,(H,23,25)(H,26,27)/b14-9+,15-4+. The Morgan fingerprint density at radius 2 is 2.24 bits per heavy atom. The SMILES string of the molecule is C=C/C=C(\C=C(/C)C(=O)O)CNC(=O)Cc1nc2ccc(C3C=CSC3)cc2s1. The fraction of sp³-hybridized carbons (Fsp3) is 0.227. The summed E-state index contributed by atoms with van der Waals surface area (Å²) in [6.45, 7) is 5.37. The summed E-state index contributed by atoms with van der Waals surface area (Å²) in [4.78, 5) is 27.9. The maximum absolute atomic E-state index is 12.3. The lowest BCUT2D eigenvalue weighted by molar-refractivity contribution is -0.132. The topological polar surface area (TPSA) is 79.3 Å². The summed E-state index contributed by atoms with van der Waals surface area (Å²) >= 11 is 3.35.